The van der Waals surface area contributed by atoms with Crippen LogP contribution in [0.25, 0.3) is 10.8 Å². The molecule has 3 aromatic rings. The standard InChI is InChI=1S/C16H12ClN3/c17-11-5-7-12(8-6-11)19-20-16-10-9-15(18)13-3-1-2-4-14(13)16/h1-10H,18H2. The number of nitrogen functional groups attached to an aromatic ring is 1. The second-order valence-corrected chi connectivity index (χ2v) is 4.83. The first-order valence-corrected chi connectivity index (χ1v) is 6.56. The maximum Gasteiger partial charge on any atom is 0.0936 e. The van der Waals surface area contributed by atoms with Gasteiger partial charge in [-0.1, -0.05) is 35.9 Å². The monoisotopic (exact) mass is 281 g/mol. The van der Waals surface area contributed by atoms with E-state index in [1.165, 1.54) is 0 Å². The lowest BCUT2D eigenvalue weighted by Gasteiger charge is -2.04. The average molecular weight is 282 g/mol. The smallest absolute Gasteiger partial charge is 0.0936 e. The molecular formula is C16H12ClN3. The summed E-state index contributed by atoms with van der Waals surface area (Å²) in [6.07, 6.45) is 0. The molecule has 0 bridgehead atoms. The fourth-order valence-corrected chi connectivity index (χ4v) is 2.14. The Balaban J connectivity index is 2.03. The Kier molecular flexibility index (Phi) is 3.35. The van der Waals surface area contributed by atoms with Crippen LogP contribution in [-0.2, 0) is 0 Å². The molecule has 0 saturated heterocycles. The van der Waals surface area contributed by atoms with Crippen LogP contribution < -0.4 is 5.73 Å². The molecule has 0 spiro atoms. The molecule has 0 aliphatic carbocycles. The number of fused-ring (bicyclic) bond motifs is 1. The van der Waals surface area contributed by atoms with E-state index in [2.05, 4.69) is 10.2 Å². The van der Waals surface area contributed by atoms with Gasteiger partial charge in [0, 0.05) is 21.5 Å². The van der Waals surface area contributed by atoms with Gasteiger partial charge in [0.2, 0.25) is 0 Å². The van der Waals surface area contributed by atoms with Crippen molar-refractivity contribution in [3.63, 3.8) is 0 Å². The van der Waals surface area contributed by atoms with Gasteiger partial charge in [0.25, 0.3) is 0 Å². The largest absolute Gasteiger partial charge is 0.398 e. The van der Waals surface area contributed by atoms with Crippen LogP contribution in [0, 0.1) is 0 Å². The van der Waals surface area contributed by atoms with E-state index < -0.39 is 0 Å². The number of nitrogens with zero attached hydrogens (tertiary/aromatic N) is 2. The van der Waals surface area contributed by atoms with Crippen molar-refractivity contribution in [1.29, 1.82) is 0 Å². The molecule has 4 heteroatoms. The van der Waals surface area contributed by atoms with Crippen LogP contribution in [0.4, 0.5) is 17.1 Å². The van der Waals surface area contributed by atoms with Gasteiger partial charge in [0.05, 0.1) is 11.4 Å². The van der Waals surface area contributed by atoms with Crippen molar-refractivity contribution in [2.45, 2.75) is 0 Å². The van der Waals surface area contributed by atoms with Crippen LogP contribution in [-0.4, -0.2) is 0 Å². The van der Waals surface area contributed by atoms with E-state index in [0.717, 1.165) is 27.8 Å². The molecule has 0 aromatic heterocycles. The number of nitrogens with two attached hydrogens (primary N) is 1. The summed E-state index contributed by atoms with van der Waals surface area (Å²) in [5.74, 6) is 0. The number of hydrogen-bond donors (Lipinski definition) is 1. The lowest BCUT2D eigenvalue weighted by molar-refractivity contribution is 1.24. The fraction of sp³-hybridized carbons (Fsp3) is 0. The van der Waals surface area contributed by atoms with Gasteiger partial charge in [-0.25, -0.2) is 0 Å². The molecule has 20 heavy (non-hydrogen) atoms. The summed E-state index contributed by atoms with van der Waals surface area (Å²) in [5.41, 5.74) is 8.26. The summed E-state index contributed by atoms with van der Waals surface area (Å²) in [6, 6.07) is 18.8. The highest BCUT2D eigenvalue weighted by molar-refractivity contribution is 6.30. The van der Waals surface area contributed by atoms with Crippen molar-refractivity contribution in [3.8, 4) is 0 Å². The summed E-state index contributed by atoms with van der Waals surface area (Å²) in [5, 5.41) is 11.2. The van der Waals surface area contributed by atoms with Gasteiger partial charge in [-0.2, -0.15) is 5.11 Å². The molecule has 0 unspecified atom stereocenters. The summed E-state index contributed by atoms with van der Waals surface area (Å²) in [4.78, 5) is 0. The maximum atomic E-state index is 5.96. The number of azo groups is 1. The molecule has 0 aliphatic heterocycles. The van der Waals surface area contributed by atoms with E-state index in [-0.39, 0.29) is 0 Å². The minimum absolute atomic E-state index is 0.682. The van der Waals surface area contributed by atoms with E-state index in [1.807, 2.05) is 48.5 Å². The van der Waals surface area contributed by atoms with Crippen LogP contribution in [0.5, 0.6) is 0 Å². The van der Waals surface area contributed by atoms with Gasteiger partial charge >= 0.3 is 0 Å². The summed E-state index contributed by atoms with van der Waals surface area (Å²) in [6.45, 7) is 0. The van der Waals surface area contributed by atoms with E-state index in [1.54, 1.807) is 12.1 Å². The highest BCUT2D eigenvalue weighted by atomic mass is 35.5. The van der Waals surface area contributed by atoms with Crippen LogP contribution in [0.2, 0.25) is 5.02 Å². The maximum absolute atomic E-state index is 5.96. The second-order valence-electron chi connectivity index (χ2n) is 4.40. The predicted octanol–water partition coefficient (Wildman–Crippen LogP) is 5.49. The van der Waals surface area contributed by atoms with Crippen molar-refractivity contribution >= 4 is 39.4 Å². The highest BCUT2D eigenvalue weighted by Crippen LogP contribution is 2.31. The zero-order valence-electron chi connectivity index (χ0n) is 10.6. The molecule has 0 atom stereocenters. The van der Waals surface area contributed by atoms with Gasteiger partial charge in [0.1, 0.15) is 0 Å². The second kappa shape index (κ2) is 5.31. The van der Waals surface area contributed by atoms with Crippen molar-refractivity contribution < 1.29 is 0 Å². The van der Waals surface area contributed by atoms with Gasteiger partial charge in [0.15, 0.2) is 0 Å². The van der Waals surface area contributed by atoms with Gasteiger partial charge in [-0.15, -0.1) is 5.11 Å². The number of anilines is 1. The Labute approximate surface area is 121 Å². The lowest BCUT2D eigenvalue weighted by atomic mass is 10.1. The van der Waals surface area contributed by atoms with E-state index in [4.69, 9.17) is 17.3 Å². The molecule has 2 N–H and O–H groups in total. The number of rotatable bonds is 2. The van der Waals surface area contributed by atoms with Gasteiger partial charge < -0.3 is 5.73 Å². The molecular weight excluding hydrogens is 270 g/mol. The summed E-state index contributed by atoms with van der Waals surface area (Å²) < 4.78 is 0. The molecule has 3 nitrogen and oxygen atoms in total. The highest BCUT2D eigenvalue weighted by Gasteiger charge is 2.02. The number of benzene rings is 3. The van der Waals surface area contributed by atoms with Crippen LogP contribution >= 0.6 is 11.6 Å². The van der Waals surface area contributed by atoms with E-state index in [0.29, 0.717) is 5.02 Å². The molecule has 0 heterocycles. The molecule has 0 saturated carbocycles. The first kappa shape index (κ1) is 12.6. The minimum atomic E-state index is 0.682. The molecule has 0 aliphatic rings. The third kappa shape index (κ3) is 2.49. The first-order valence-electron chi connectivity index (χ1n) is 6.18. The number of halogens is 1. The van der Waals surface area contributed by atoms with Crippen LogP contribution in [0.3, 0.4) is 0 Å². The third-order valence-electron chi connectivity index (χ3n) is 3.03. The van der Waals surface area contributed by atoms with Crippen molar-refractivity contribution in [1.82, 2.24) is 0 Å². The number of hydrogen-bond acceptors (Lipinski definition) is 3. The molecule has 0 amide bonds. The van der Waals surface area contributed by atoms with E-state index >= 15 is 0 Å². The Morgan fingerprint density at radius 2 is 1.45 bits per heavy atom. The molecule has 98 valence electrons. The average Bonchev–Trinajstić information content (AvgIpc) is 2.49. The summed E-state index contributed by atoms with van der Waals surface area (Å²) >= 11 is 5.84. The van der Waals surface area contributed by atoms with Crippen molar-refractivity contribution in [2.75, 3.05) is 5.73 Å². The third-order valence-corrected chi connectivity index (χ3v) is 3.29. The van der Waals surface area contributed by atoms with Crippen molar-refractivity contribution in [3.05, 3.63) is 65.7 Å². The first-order chi connectivity index (χ1) is 9.74. The molecule has 0 radical (unpaired) electrons. The SMILES string of the molecule is Nc1ccc(N=Nc2ccc(Cl)cc2)c2ccccc12. The predicted molar refractivity (Wildman–Crippen MR) is 84.0 cm³/mol. The Hall–Kier alpha value is -2.39. The fourth-order valence-electron chi connectivity index (χ4n) is 2.01. The molecule has 3 aromatic carbocycles. The summed E-state index contributed by atoms with van der Waals surface area (Å²) in [7, 11) is 0. The lowest BCUT2D eigenvalue weighted by Crippen LogP contribution is -1.86. The van der Waals surface area contributed by atoms with Crippen LogP contribution in [0.1, 0.15) is 0 Å². The Morgan fingerprint density at radius 3 is 2.20 bits per heavy atom. The van der Waals surface area contributed by atoms with E-state index in [9.17, 15) is 0 Å². The van der Waals surface area contributed by atoms with Crippen LogP contribution in [0.15, 0.2) is 70.9 Å². The van der Waals surface area contributed by atoms with Gasteiger partial charge in [-0.05, 0) is 36.4 Å². The zero-order valence-corrected chi connectivity index (χ0v) is 11.4. The minimum Gasteiger partial charge on any atom is -0.398 e. The van der Waals surface area contributed by atoms with Gasteiger partial charge in [-0.3, -0.25) is 0 Å². The quantitative estimate of drug-likeness (QED) is 0.490. The zero-order chi connectivity index (χ0) is 13.9. The molecule has 0 fully saturated rings. The Bertz CT molecular complexity index is 779. The topological polar surface area (TPSA) is 50.7 Å². The normalized spacial score (nSPS) is 11.2. The molecule has 3 rings (SSSR count). The Morgan fingerprint density at radius 1 is 0.750 bits per heavy atom. The van der Waals surface area contributed by atoms with Crippen molar-refractivity contribution in [2.24, 2.45) is 10.2 Å².